The number of nitriles is 1. The predicted octanol–water partition coefficient (Wildman–Crippen LogP) is 0.207. The molecule has 2 rings (SSSR count). The summed E-state index contributed by atoms with van der Waals surface area (Å²) in [5, 5.41) is 11.9. The molecule has 0 aliphatic carbocycles. The van der Waals surface area contributed by atoms with Crippen molar-refractivity contribution in [1.82, 2.24) is 10.0 Å². The molecular weight excluding hydrogens is 266 g/mol. The van der Waals surface area contributed by atoms with Crippen molar-refractivity contribution in [3.8, 4) is 11.8 Å². The summed E-state index contributed by atoms with van der Waals surface area (Å²) in [6.07, 6.45) is 0.762. The molecule has 1 unspecified atom stereocenters. The van der Waals surface area contributed by atoms with Crippen molar-refractivity contribution in [2.45, 2.75) is 17.4 Å². The Bertz CT molecular complexity index is 601. The molecule has 1 heterocycles. The van der Waals surface area contributed by atoms with Crippen LogP contribution >= 0.6 is 0 Å². The van der Waals surface area contributed by atoms with Crippen LogP contribution in [-0.4, -0.2) is 34.7 Å². The Morgan fingerprint density at radius 1 is 1.53 bits per heavy atom. The van der Waals surface area contributed by atoms with Gasteiger partial charge < -0.3 is 10.1 Å². The van der Waals surface area contributed by atoms with Crippen LogP contribution in [0.1, 0.15) is 12.0 Å². The van der Waals surface area contributed by atoms with Gasteiger partial charge in [0, 0.05) is 12.6 Å². The summed E-state index contributed by atoms with van der Waals surface area (Å²) in [4.78, 5) is 0.0564. The summed E-state index contributed by atoms with van der Waals surface area (Å²) in [7, 11) is -2.25. The Morgan fingerprint density at radius 3 is 2.89 bits per heavy atom. The van der Waals surface area contributed by atoms with Crippen molar-refractivity contribution < 1.29 is 13.2 Å². The minimum atomic E-state index is -3.64. The lowest BCUT2D eigenvalue weighted by molar-refractivity contribution is 0.402. The second-order valence-electron chi connectivity index (χ2n) is 4.29. The highest BCUT2D eigenvalue weighted by Gasteiger charge is 2.25. The molecule has 2 N–H and O–H groups in total. The van der Waals surface area contributed by atoms with Gasteiger partial charge in [-0.2, -0.15) is 5.26 Å². The van der Waals surface area contributed by atoms with E-state index in [-0.39, 0.29) is 16.7 Å². The Kier molecular flexibility index (Phi) is 4.04. The minimum absolute atomic E-state index is 0.0564. The van der Waals surface area contributed by atoms with E-state index in [1.54, 1.807) is 0 Å². The number of benzene rings is 1. The summed E-state index contributed by atoms with van der Waals surface area (Å²) in [5.41, 5.74) is 0.360. The molecule has 0 amide bonds. The van der Waals surface area contributed by atoms with Gasteiger partial charge in [0.25, 0.3) is 0 Å². The lowest BCUT2D eigenvalue weighted by Crippen LogP contribution is -2.36. The molecule has 19 heavy (non-hydrogen) atoms. The average molecular weight is 281 g/mol. The van der Waals surface area contributed by atoms with Gasteiger partial charge >= 0.3 is 0 Å². The standard InChI is InChI=1S/C12H15N3O3S/c1-18-11-6-9(7-13)2-3-12(11)19(16,17)15-10-4-5-14-8-10/h2-3,6,10,14-15H,4-5,8H2,1H3. The largest absolute Gasteiger partial charge is 0.495 e. The zero-order valence-corrected chi connectivity index (χ0v) is 11.3. The summed E-state index contributed by atoms with van der Waals surface area (Å²) in [6.45, 7) is 1.43. The van der Waals surface area contributed by atoms with E-state index in [0.717, 1.165) is 13.0 Å². The van der Waals surface area contributed by atoms with Crippen LogP contribution in [0.3, 0.4) is 0 Å². The Labute approximate surface area is 112 Å². The van der Waals surface area contributed by atoms with Gasteiger partial charge in [-0.25, -0.2) is 13.1 Å². The van der Waals surface area contributed by atoms with Crippen LogP contribution in [0.4, 0.5) is 0 Å². The van der Waals surface area contributed by atoms with E-state index in [2.05, 4.69) is 10.0 Å². The summed E-state index contributed by atoms with van der Waals surface area (Å²) >= 11 is 0. The minimum Gasteiger partial charge on any atom is -0.495 e. The summed E-state index contributed by atoms with van der Waals surface area (Å²) in [6, 6.07) is 6.11. The molecule has 102 valence electrons. The second-order valence-corrected chi connectivity index (χ2v) is 5.97. The highest BCUT2D eigenvalue weighted by atomic mass is 32.2. The van der Waals surface area contributed by atoms with Crippen molar-refractivity contribution in [2.75, 3.05) is 20.2 Å². The molecule has 0 aromatic heterocycles. The van der Waals surface area contributed by atoms with Crippen LogP contribution in [-0.2, 0) is 10.0 Å². The number of methoxy groups -OCH3 is 1. The fraction of sp³-hybridized carbons (Fsp3) is 0.417. The van der Waals surface area contributed by atoms with Gasteiger partial charge in [-0.15, -0.1) is 0 Å². The Morgan fingerprint density at radius 2 is 2.32 bits per heavy atom. The topological polar surface area (TPSA) is 91.2 Å². The van der Waals surface area contributed by atoms with E-state index < -0.39 is 10.0 Å². The molecule has 1 fully saturated rings. The number of hydrogen-bond acceptors (Lipinski definition) is 5. The van der Waals surface area contributed by atoms with Crippen molar-refractivity contribution in [3.63, 3.8) is 0 Å². The quantitative estimate of drug-likeness (QED) is 0.823. The summed E-state index contributed by atoms with van der Waals surface area (Å²) < 4.78 is 32.2. The third-order valence-electron chi connectivity index (χ3n) is 2.96. The van der Waals surface area contributed by atoms with Crippen LogP contribution in [0.25, 0.3) is 0 Å². The van der Waals surface area contributed by atoms with Crippen LogP contribution in [0, 0.1) is 11.3 Å². The number of ether oxygens (including phenoxy) is 1. The first kappa shape index (κ1) is 13.8. The highest BCUT2D eigenvalue weighted by molar-refractivity contribution is 7.89. The van der Waals surface area contributed by atoms with Crippen molar-refractivity contribution in [2.24, 2.45) is 0 Å². The van der Waals surface area contributed by atoms with E-state index in [1.807, 2.05) is 6.07 Å². The SMILES string of the molecule is COc1cc(C#N)ccc1S(=O)(=O)NC1CCNC1. The number of sulfonamides is 1. The van der Waals surface area contributed by atoms with E-state index in [9.17, 15) is 8.42 Å². The van der Waals surface area contributed by atoms with Crippen LogP contribution < -0.4 is 14.8 Å². The molecule has 7 heteroatoms. The molecule has 0 spiro atoms. The number of nitrogens with one attached hydrogen (secondary N) is 2. The molecule has 1 saturated heterocycles. The molecule has 0 radical (unpaired) electrons. The number of hydrogen-bond donors (Lipinski definition) is 2. The third kappa shape index (κ3) is 3.04. The van der Waals surface area contributed by atoms with E-state index in [1.165, 1.54) is 25.3 Å². The third-order valence-corrected chi connectivity index (χ3v) is 4.52. The van der Waals surface area contributed by atoms with Gasteiger partial charge in [-0.05, 0) is 31.2 Å². The molecule has 1 aromatic carbocycles. The fourth-order valence-electron chi connectivity index (χ4n) is 2.00. The normalized spacial score (nSPS) is 19.1. The van der Waals surface area contributed by atoms with Gasteiger partial charge in [0.1, 0.15) is 10.6 Å². The fourth-order valence-corrected chi connectivity index (χ4v) is 3.42. The maximum Gasteiger partial charge on any atom is 0.244 e. The first-order chi connectivity index (χ1) is 9.06. The maximum absolute atomic E-state index is 12.3. The van der Waals surface area contributed by atoms with Crippen molar-refractivity contribution >= 4 is 10.0 Å². The predicted molar refractivity (Wildman–Crippen MR) is 69.3 cm³/mol. The molecule has 1 aliphatic heterocycles. The first-order valence-electron chi connectivity index (χ1n) is 5.88. The highest BCUT2D eigenvalue weighted by Crippen LogP contribution is 2.25. The summed E-state index contributed by atoms with van der Waals surface area (Å²) in [5.74, 6) is 0.178. The smallest absolute Gasteiger partial charge is 0.244 e. The van der Waals surface area contributed by atoms with Gasteiger partial charge in [0.15, 0.2) is 0 Å². The lowest BCUT2D eigenvalue weighted by atomic mass is 10.2. The van der Waals surface area contributed by atoms with Gasteiger partial charge in [-0.1, -0.05) is 0 Å². The molecule has 1 aliphatic rings. The zero-order valence-electron chi connectivity index (χ0n) is 10.5. The van der Waals surface area contributed by atoms with Crippen molar-refractivity contribution in [1.29, 1.82) is 5.26 Å². The Hall–Kier alpha value is -1.62. The van der Waals surface area contributed by atoms with E-state index >= 15 is 0 Å². The molecular formula is C12H15N3O3S. The van der Waals surface area contributed by atoms with Crippen LogP contribution in [0.5, 0.6) is 5.75 Å². The van der Waals surface area contributed by atoms with E-state index in [4.69, 9.17) is 10.00 Å². The zero-order chi connectivity index (χ0) is 13.9. The van der Waals surface area contributed by atoms with Gasteiger partial charge in [-0.3, -0.25) is 0 Å². The van der Waals surface area contributed by atoms with Gasteiger partial charge in [0.2, 0.25) is 10.0 Å². The molecule has 1 aromatic rings. The molecule has 0 bridgehead atoms. The van der Waals surface area contributed by atoms with Crippen molar-refractivity contribution in [3.05, 3.63) is 23.8 Å². The number of nitrogens with zero attached hydrogens (tertiary/aromatic N) is 1. The second kappa shape index (κ2) is 5.57. The van der Waals surface area contributed by atoms with Crippen LogP contribution in [0.15, 0.2) is 23.1 Å². The monoisotopic (exact) mass is 281 g/mol. The Balaban J connectivity index is 2.31. The van der Waals surface area contributed by atoms with Crippen LogP contribution in [0.2, 0.25) is 0 Å². The average Bonchev–Trinajstić information content (AvgIpc) is 2.89. The lowest BCUT2D eigenvalue weighted by Gasteiger charge is -2.14. The van der Waals surface area contributed by atoms with Gasteiger partial charge in [0.05, 0.1) is 18.7 Å². The first-order valence-corrected chi connectivity index (χ1v) is 7.36. The molecule has 6 nitrogen and oxygen atoms in total. The molecule has 0 saturated carbocycles. The molecule has 1 atom stereocenters. The number of rotatable bonds is 4. The maximum atomic E-state index is 12.3. The van der Waals surface area contributed by atoms with E-state index in [0.29, 0.717) is 12.1 Å².